The van der Waals surface area contributed by atoms with Crippen LogP contribution in [0.3, 0.4) is 0 Å². The number of aromatic carboxylic acids is 1. The lowest BCUT2D eigenvalue weighted by molar-refractivity contribution is 0.0692. The third kappa shape index (κ3) is 3.96. The molecule has 110 valence electrons. The van der Waals surface area contributed by atoms with Gasteiger partial charge in [0.1, 0.15) is 5.82 Å². The van der Waals surface area contributed by atoms with Crippen molar-refractivity contribution in [3.8, 4) is 0 Å². The maximum absolute atomic E-state index is 13.7. The number of hydrogen-bond donors (Lipinski definition) is 1. The first kappa shape index (κ1) is 15.3. The van der Waals surface area contributed by atoms with Crippen LogP contribution in [0.15, 0.2) is 18.2 Å². The summed E-state index contributed by atoms with van der Waals surface area (Å²) in [6, 6.07) is 4.39. The lowest BCUT2D eigenvalue weighted by Crippen LogP contribution is -2.26. The standard InChI is InChI=1S/C15H20FNO2S/c1-15(2)5-6-17(7-8-20-15)10-11-3-4-12(14(18)19)13(16)9-11/h3-4,9H,5-8,10H2,1-2H3,(H,18,19). The summed E-state index contributed by atoms with van der Waals surface area (Å²) in [7, 11) is 0. The van der Waals surface area contributed by atoms with E-state index in [1.807, 2.05) is 11.8 Å². The van der Waals surface area contributed by atoms with E-state index in [-0.39, 0.29) is 5.56 Å². The molecule has 1 saturated heterocycles. The van der Waals surface area contributed by atoms with Crippen LogP contribution >= 0.6 is 11.8 Å². The van der Waals surface area contributed by atoms with Crippen molar-refractivity contribution in [1.82, 2.24) is 4.90 Å². The summed E-state index contributed by atoms with van der Waals surface area (Å²) in [5, 5.41) is 8.82. The van der Waals surface area contributed by atoms with Crippen LogP contribution in [0.1, 0.15) is 36.2 Å². The second-order valence-corrected chi connectivity index (χ2v) is 7.56. The van der Waals surface area contributed by atoms with Gasteiger partial charge in [-0.15, -0.1) is 0 Å². The summed E-state index contributed by atoms with van der Waals surface area (Å²) >= 11 is 1.97. The molecule has 0 aromatic heterocycles. The molecule has 1 aromatic rings. The van der Waals surface area contributed by atoms with E-state index in [4.69, 9.17) is 5.11 Å². The fourth-order valence-corrected chi connectivity index (χ4v) is 3.45. The SMILES string of the molecule is CC1(C)CCN(Cc2ccc(C(=O)O)c(F)c2)CCS1. The average Bonchev–Trinajstić information content (AvgIpc) is 2.51. The van der Waals surface area contributed by atoms with E-state index in [0.29, 0.717) is 11.3 Å². The molecular formula is C15H20FNO2S. The first-order valence-corrected chi connectivity index (χ1v) is 7.74. The zero-order chi connectivity index (χ0) is 14.8. The van der Waals surface area contributed by atoms with Crippen molar-refractivity contribution >= 4 is 17.7 Å². The summed E-state index contributed by atoms with van der Waals surface area (Å²) in [5.41, 5.74) is 0.568. The van der Waals surface area contributed by atoms with Crippen LogP contribution in [0.4, 0.5) is 4.39 Å². The second kappa shape index (κ2) is 6.14. The van der Waals surface area contributed by atoms with Crippen LogP contribution in [0.2, 0.25) is 0 Å². The minimum Gasteiger partial charge on any atom is -0.478 e. The van der Waals surface area contributed by atoms with E-state index in [9.17, 15) is 9.18 Å². The number of rotatable bonds is 3. The minimum atomic E-state index is -1.22. The molecule has 1 fully saturated rings. The monoisotopic (exact) mass is 297 g/mol. The number of carbonyl (C=O) groups is 1. The maximum Gasteiger partial charge on any atom is 0.338 e. The fourth-order valence-electron chi connectivity index (χ4n) is 2.31. The summed E-state index contributed by atoms with van der Waals surface area (Å²) in [6.07, 6.45) is 1.10. The molecule has 0 amide bonds. The number of hydrogen-bond acceptors (Lipinski definition) is 3. The molecule has 1 aliphatic rings. The number of carboxylic acids is 1. The summed E-state index contributed by atoms with van der Waals surface area (Å²) in [5.74, 6) is -0.801. The number of benzene rings is 1. The molecule has 1 heterocycles. The summed E-state index contributed by atoms with van der Waals surface area (Å²) < 4.78 is 14.0. The quantitative estimate of drug-likeness (QED) is 0.930. The van der Waals surface area contributed by atoms with Crippen molar-refractivity contribution in [1.29, 1.82) is 0 Å². The summed E-state index contributed by atoms with van der Waals surface area (Å²) in [6.45, 7) is 7.15. The summed E-state index contributed by atoms with van der Waals surface area (Å²) in [4.78, 5) is 13.1. The highest BCUT2D eigenvalue weighted by Crippen LogP contribution is 2.31. The predicted octanol–water partition coefficient (Wildman–Crippen LogP) is 3.24. The van der Waals surface area contributed by atoms with Gasteiger partial charge in [0, 0.05) is 23.6 Å². The van der Waals surface area contributed by atoms with Crippen LogP contribution in [-0.4, -0.2) is 39.6 Å². The van der Waals surface area contributed by atoms with Gasteiger partial charge < -0.3 is 5.11 Å². The van der Waals surface area contributed by atoms with E-state index < -0.39 is 11.8 Å². The Morgan fingerprint density at radius 2 is 2.20 bits per heavy atom. The van der Waals surface area contributed by atoms with E-state index >= 15 is 0 Å². The molecular weight excluding hydrogens is 277 g/mol. The van der Waals surface area contributed by atoms with Crippen LogP contribution in [0.25, 0.3) is 0 Å². The molecule has 0 atom stereocenters. The van der Waals surface area contributed by atoms with Gasteiger partial charge in [-0.05, 0) is 30.7 Å². The molecule has 1 aromatic carbocycles. The molecule has 0 bridgehead atoms. The Hall–Kier alpha value is -1.07. The van der Waals surface area contributed by atoms with Crippen molar-refractivity contribution in [2.75, 3.05) is 18.8 Å². The van der Waals surface area contributed by atoms with Crippen molar-refractivity contribution < 1.29 is 14.3 Å². The van der Waals surface area contributed by atoms with Crippen molar-refractivity contribution in [3.63, 3.8) is 0 Å². The van der Waals surface area contributed by atoms with Gasteiger partial charge in [-0.25, -0.2) is 9.18 Å². The lowest BCUT2D eigenvalue weighted by Gasteiger charge is -2.22. The van der Waals surface area contributed by atoms with Gasteiger partial charge in [-0.2, -0.15) is 11.8 Å². The Balaban J connectivity index is 2.03. The fraction of sp³-hybridized carbons (Fsp3) is 0.533. The van der Waals surface area contributed by atoms with Crippen LogP contribution in [0.5, 0.6) is 0 Å². The predicted molar refractivity (Wildman–Crippen MR) is 79.8 cm³/mol. The Kier molecular flexibility index (Phi) is 4.70. The van der Waals surface area contributed by atoms with Crippen LogP contribution in [0, 0.1) is 5.82 Å². The molecule has 0 aliphatic carbocycles. The van der Waals surface area contributed by atoms with Gasteiger partial charge in [0.2, 0.25) is 0 Å². The number of halogens is 1. The van der Waals surface area contributed by atoms with Gasteiger partial charge in [-0.1, -0.05) is 19.9 Å². The van der Waals surface area contributed by atoms with E-state index in [2.05, 4.69) is 18.7 Å². The van der Waals surface area contributed by atoms with Crippen molar-refractivity contribution in [2.45, 2.75) is 31.6 Å². The Morgan fingerprint density at radius 1 is 1.45 bits per heavy atom. The lowest BCUT2D eigenvalue weighted by atomic mass is 10.1. The molecule has 5 heteroatoms. The number of nitrogens with zero attached hydrogens (tertiary/aromatic N) is 1. The van der Waals surface area contributed by atoms with Crippen molar-refractivity contribution in [2.24, 2.45) is 0 Å². The molecule has 20 heavy (non-hydrogen) atoms. The van der Waals surface area contributed by atoms with Gasteiger partial charge in [0.05, 0.1) is 5.56 Å². The maximum atomic E-state index is 13.7. The second-order valence-electron chi connectivity index (χ2n) is 5.75. The average molecular weight is 297 g/mol. The van der Waals surface area contributed by atoms with E-state index in [0.717, 1.165) is 30.8 Å². The first-order valence-electron chi connectivity index (χ1n) is 6.75. The molecule has 3 nitrogen and oxygen atoms in total. The highest BCUT2D eigenvalue weighted by Gasteiger charge is 2.23. The minimum absolute atomic E-state index is 0.263. The van der Waals surface area contributed by atoms with Gasteiger partial charge in [0.25, 0.3) is 0 Å². The van der Waals surface area contributed by atoms with Crippen LogP contribution < -0.4 is 0 Å². The molecule has 1 aliphatic heterocycles. The van der Waals surface area contributed by atoms with Gasteiger partial charge >= 0.3 is 5.97 Å². The highest BCUT2D eigenvalue weighted by atomic mass is 32.2. The molecule has 2 rings (SSSR count). The Labute approximate surface area is 123 Å². The normalized spacial score (nSPS) is 19.6. The van der Waals surface area contributed by atoms with Crippen LogP contribution in [-0.2, 0) is 6.54 Å². The van der Waals surface area contributed by atoms with E-state index in [1.54, 1.807) is 6.07 Å². The topological polar surface area (TPSA) is 40.5 Å². The molecule has 0 unspecified atom stereocenters. The third-order valence-corrected chi connectivity index (χ3v) is 4.97. The largest absolute Gasteiger partial charge is 0.478 e. The van der Waals surface area contributed by atoms with Crippen molar-refractivity contribution in [3.05, 3.63) is 35.1 Å². The Bertz CT molecular complexity index is 505. The zero-order valence-corrected chi connectivity index (χ0v) is 12.7. The van der Waals surface area contributed by atoms with Gasteiger partial charge in [-0.3, -0.25) is 4.90 Å². The number of thioether (sulfide) groups is 1. The molecule has 0 radical (unpaired) electrons. The molecule has 0 spiro atoms. The zero-order valence-electron chi connectivity index (χ0n) is 11.9. The van der Waals surface area contributed by atoms with Gasteiger partial charge in [0.15, 0.2) is 0 Å². The smallest absolute Gasteiger partial charge is 0.338 e. The van der Waals surface area contributed by atoms with E-state index in [1.165, 1.54) is 12.1 Å². The highest BCUT2D eigenvalue weighted by molar-refractivity contribution is 8.00. The third-order valence-electron chi connectivity index (χ3n) is 3.60. The number of carboxylic acid groups (broad SMARTS) is 1. The molecule has 1 N–H and O–H groups in total. The Morgan fingerprint density at radius 3 is 2.85 bits per heavy atom. The first-order chi connectivity index (χ1) is 9.37. The molecule has 0 saturated carbocycles.